The number of fused-ring (bicyclic) bond motifs is 1. The number of aromatic nitrogens is 3. The summed E-state index contributed by atoms with van der Waals surface area (Å²) in [4.78, 5) is 59.7. The maximum atomic E-state index is 14.0. The van der Waals surface area contributed by atoms with Crippen LogP contribution in [-0.2, 0) is 21.6 Å². The van der Waals surface area contributed by atoms with Gasteiger partial charge in [-0.2, -0.15) is 0 Å². The second-order valence-corrected chi connectivity index (χ2v) is 11.5. The molecule has 1 aliphatic rings. The van der Waals surface area contributed by atoms with E-state index in [0.29, 0.717) is 41.9 Å². The van der Waals surface area contributed by atoms with E-state index in [4.69, 9.17) is 9.15 Å². The van der Waals surface area contributed by atoms with Crippen LogP contribution in [0.4, 0.5) is 4.79 Å². The van der Waals surface area contributed by atoms with Gasteiger partial charge in [0.1, 0.15) is 22.7 Å². The molecule has 1 saturated heterocycles. The van der Waals surface area contributed by atoms with Gasteiger partial charge in [-0.1, -0.05) is 30.3 Å². The zero-order chi connectivity index (χ0) is 29.5. The number of hydrogen-bond donors (Lipinski definition) is 2. The van der Waals surface area contributed by atoms with Gasteiger partial charge in [0.2, 0.25) is 5.89 Å². The molecular formula is C28H30N4O8S. The number of oxazole rings is 1. The number of carboxylic acids is 1. The Labute approximate surface area is 238 Å². The summed E-state index contributed by atoms with van der Waals surface area (Å²) in [7, 11) is 0. The van der Waals surface area contributed by atoms with Gasteiger partial charge in [0.05, 0.1) is 29.1 Å². The molecule has 1 aromatic carbocycles. The summed E-state index contributed by atoms with van der Waals surface area (Å²) in [6.45, 7) is 4.71. The van der Waals surface area contributed by atoms with Crippen molar-refractivity contribution in [3.05, 3.63) is 74.8 Å². The number of benzene rings is 1. The molecule has 0 saturated carbocycles. The number of aliphatic carboxylic acids is 1. The third kappa shape index (κ3) is 5.18. The number of aliphatic hydroxyl groups is 1. The lowest BCUT2D eigenvalue weighted by molar-refractivity contribution is -0.146. The molecule has 1 unspecified atom stereocenters. The molecule has 4 aromatic rings. The number of nitrogens with zero attached hydrogens (tertiary/aromatic N) is 4. The van der Waals surface area contributed by atoms with E-state index in [9.17, 15) is 29.4 Å². The van der Waals surface area contributed by atoms with Gasteiger partial charge in [-0.3, -0.25) is 9.36 Å². The van der Waals surface area contributed by atoms with Crippen LogP contribution >= 0.6 is 11.3 Å². The first-order valence-electron chi connectivity index (χ1n) is 13.1. The first-order valence-corrected chi connectivity index (χ1v) is 13.9. The fourth-order valence-corrected chi connectivity index (χ4v) is 6.17. The molecule has 1 amide bonds. The van der Waals surface area contributed by atoms with Crippen molar-refractivity contribution in [1.82, 2.24) is 19.0 Å². The number of carboxylic acid groups (broad SMARTS) is 1. The molecule has 3 aromatic heterocycles. The molecule has 216 valence electrons. The third-order valence-electron chi connectivity index (χ3n) is 7.41. The third-order valence-corrected chi connectivity index (χ3v) is 8.71. The van der Waals surface area contributed by atoms with Crippen molar-refractivity contribution in [2.24, 2.45) is 0 Å². The summed E-state index contributed by atoms with van der Waals surface area (Å²) in [5, 5.41) is 19.9. The average molecular weight is 583 g/mol. The van der Waals surface area contributed by atoms with Gasteiger partial charge in [-0.25, -0.2) is 23.9 Å². The Bertz CT molecular complexity index is 1700. The number of carbonyl (C=O) groups is 2. The van der Waals surface area contributed by atoms with Crippen molar-refractivity contribution in [2.75, 3.05) is 13.1 Å². The van der Waals surface area contributed by atoms with Crippen molar-refractivity contribution in [2.45, 2.75) is 57.9 Å². The highest BCUT2D eigenvalue weighted by atomic mass is 32.1. The molecule has 0 aliphatic carbocycles. The van der Waals surface area contributed by atoms with E-state index in [1.807, 2.05) is 0 Å². The van der Waals surface area contributed by atoms with E-state index in [0.717, 1.165) is 15.9 Å². The van der Waals surface area contributed by atoms with Crippen LogP contribution in [0.5, 0.6) is 0 Å². The zero-order valence-corrected chi connectivity index (χ0v) is 23.6. The number of piperidine rings is 1. The van der Waals surface area contributed by atoms with Crippen molar-refractivity contribution >= 4 is 33.6 Å². The van der Waals surface area contributed by atoms with Crippen LogP contribution in [0, 0.1) is 6.92 Å². The minimum absolute atomic E-state index is 0.153. The summed E-state index contributed by atoms with van der Waals surface area (Å²) < 4.78 is 13.4. The standard InChI is InChI=1S/C28H30N4O8S/c1-16-20-23(34)32(28(2,3)25(35)36)26(37)31(24(20)41-21(16)22-29-11-14-39-22)15-19(17-7-5-4-6-8-17)40-27(38)30-12-9-18(33)10-13-30/h4-8,11,14,18-19,33H,9-10,12-13,15H2,1-3H3,(H,35,36). The van der Waals surface area contributed by atoms with Crippen molar-refractivity contribution < 1.29 is 29.0 Å². The molecule has 12 nitrogen and oxygen atoms in total. The molecule has 1 fully saturated rings. The predicted octanol–water partition coefficient (Wildman–Crippen LogP) is 3.34. The number of rotatable bonds is 7. The van der Waals surface area contributed by atoms with E-state index < -0.39 is 41.1 Å². The quantitative estimate of drug-likeness (QED) is 0.333. The van der Waals surface area contributed by atoms with Crippen LogP contribution in [-0.4, -0.2) is 60.5 Å². The van der Waals surface area contributed by atoms with Crippen LogP contribution in [0.2, 0.25) is 0 Å². The lowest BCUT2D eigenvalue weighted by atomic mass is 10.1. The predicted molar refractivity (Wildman–Crippen MR) is 150 cm³/mol. The van der Waals surface area contributed by atoms with Gasteiger partial charge >= 0.3 is 17.8 Å². The normalized spacial score (nSPS) is 15.3. The van der Waals surface area contributed by atoms with Gasteiger partial charge in [-0.15, -0.1) is 11.3 Å². The number of likely N-dealkylation sites (tertiary alicyclic amines) is 1. The summed E-state index contributed by atoms with van der Waals surface area (Å²) >= 11 is 1.12. The average Bonchev–Trinajstić information content (AvgIpc) is 3.59. The molecule has 5 rings (SSSR count). The minimum atomic E-state index is -1.88. The fraction of sp³-hybridized carbons (Fsp3) is 0.393. The summed E-state index contributed by atoms with van der Waals surface area (Å²) in [6, 6.07) is 8.87. The molecule has 13 heteroatoms. The highest BCUT2D eigenvalue weighted by Crippen LogP contribution is 2.36. The van der Waals surface area contributed by atoms with Gasteiger partial charge < -0.3 is 24.3 Å². The summed E-state index contributed by atoms with van der Waals surface area (Å²) in [6.07, 6.45) is 1.68. The molecule has 4 heterocycles. The van der Waals surface area contributed by atoms with Crippen molar-refractivity contribution in [3.63, 3.8) is 0 Å². The van der Waals surface area contributed by atoms with Crippen LogP contribution < -0.4 is 11.2 Å². The Morgan fingerprint density at radius 1 is 1.20 bits per heavy atom. The monoisotopic (exact) mass is 582 g/mol. The lowest BCUT2D eigenvalue weighted by Gasteiger charge is -2.31. The fourth-order valence-electron chi connectivity index (χ4n) is 4.92. The SMILES string of the molecule is Cc1c(-c2ncco2)sc2c1c(=O)n(C(C)(C)C(=O)O)c(=O)n2CC(OC(=O)N1CCC(O)CC1)c1ccccc1. The molecular weight excluding hydrogens is 552 g/mol. The van der Waals surface area contributed by atoms with E-state index in [1.165, 1.54) is 35.8 Å². The number of aliphatic hydroxyl groups excluding tert-OH is 1. The smallest absolute Gasteiger partial charge is 0.410 e. The maximum absolute atomic E-state index is 14.0. The number of aryl methyl sites for hydroxylation is 1. The van der Waals surface area contributed by atoms with Crippen LogP contribution in [0.1, 0.15) is 43.9 Å². The van der Waals surface area contributed by atoms with E-state index in [-0.39, 0.29) is 22.7 Å². The second kappa shape index (κ2) is 11.0. The first-order chi connectivity index (χ1) is 19.5. The highest BCUT2D eigenvalue weighted by Gasteiger charge is 2.36. The van der Waals surface area contributed by atoms with Crippen molar-refractivity contribution in [3.8, 4) is 10.8 Å². The maximum Gasteiger partial charge on any atom is 0.410 e. The topological polar surface area (TPSA) is 157 Å². The molecule has 41 heavy (non-hydrogen) atoms. The molecule has 0 bridgehead atoms. The van der Waals surface area contributed by atoms with Crippen LogP contribution in [0.25, 0.3) is 21.0 Å². The van der Waals surface area contributed by atoms with Gasteiger partial charge in [0, 0.05) is 13.1 Å². The Hall–Kier alpha value is -4.23. The summed E-state index contributed by atoms with van der Waals surface area (Å²) in [5.74, 6) is -1.11. The van der Waals surface area contributed by atoms with Gasteiger partial charge in [0.25, 0.3) is 5.56 Å². The Balaban J connectivity index is 1.68. The number of ether oxygens (including phenoxy) is 1. The lowest BCUT2D eigenvalue weighted by Crippen LogP contribution is -2.52. The van der Waals surface area contributed by atoms with E-state index >= 15 is 0 Å². The number of amides is 1. The number of thiophene rings is 1. The summed E-state index contributed by atoms with van der Waals surface area (Å²) in [5.41, 5.74) is -2.39. The highest BCUT2D eigenvalue weighted by molar-refractivity contribution is 7.22. The van der Waals surface area contributed by atoms with Crippen LogP contribution in [0.3, 0.4) is 0 Å². The van der Waals surface area contributed by atoms with Gasteiger partial charge in [-0.05, 0) is 44.7 Å². The van der Waals surface area contributed by atoms with Crippen LogP contribution in [0.15, 0.2) is 56.8 Å². The van der Waals surface area contributed by atoms with E-state index in [2.05, 4.69) is 4.98 Å². The van der Waals surface area contributed by atoms with Gasteiger partial charge in [0.15, 0.2) is 0 Å². The first kappa shape index (κ1) is 28.3. The molecule has 2 N–H and O–H groups in total. The minimum Gasteiger partial charge on any atom is -0.480 e. The Kier molecular flexibility index (Phi) is 7.58. The Morgan fingerprint density at radius 3 is 2.49 bits per heavy atom. The molecule has 0 radical (unpaired) electrons. The zero-order valence-electron chi connectivity index (χ0n) is 22.8. The number of carbonyl (C=O) groups excluding carboxylic acids is 1. The molecule has 1 atom stereocenters. The van der Waals surface area contributed by atoms with Crippen molar-refractivity contribution in [1.29, 1.82) is 0 Å². The number of hydrogen-bond acceptors (Lipinski definition) is 9. The Morgan fingerprint density at radius 2 is 1.88 bits per heavy atom. The molecule has 0 spiro atoms. The largest absolute Gasteiger partial charge is 0.480 e. The van der Waals surface area contributed by atoms with E-state index in [1.54, 1.807) is 37.3 Å². The molecule has 1 aliphatic heterocycles. The second-order valence-electron chi connectivity index (χ2n) is 10.5.